The standard InChI is InChI=1S/C57H39N3/c1-3-15-40(16-4-1)41-27-29-45(30-28-41)57-39-54(44-17-5-2-6-18-44)58-60(57)47-37-33-43(34-38-47)49-20-8-10-22-51(49)50-21-9-7-19-48(50)42-31-35-46(36-32-42)59-55-25-13-11-23-52(55)53-24-12-14-26-56(53)59/h1-39H. The second-order valence-corrected chi connectivity index (χ2v) is 15.2. The molecule has 0 bridgehead atoms. The molecule has 282 valence electrons. The van der Waals surface area contributed by atoms with Crippen LogP contribution in [0.1, 0.15) is 0 Å². The van der Waals surface area contributed by atoms with Crippen LogP contribution in [0.2, 0.25) is 0 Å². The Kier molecular flexibility index (Phi) is 8.83. The third kappa shape index (κ3) is 6.30. The fourth-order valence-electron chi connectivity index (χ4n) is 8.71. The predicted octanol–water partition coefficient (Wildman–Crippen LogP) is 15.0. The Hall–Kier alpha value is -8.01. The van der Waals surface area contributed by atoms with Gasteiger partial charge in [0.05, 0.1) is 28.1 Å². The fourth-order valence-corrected chi connectivity index (χ4v) is 8.71. The van der Waals surface area contributed by atoms with Crippen molar-refractivity contribution in [3.8, 4) is 78.4 Å². The van der Waals surface area contributed by atoms with Crippen molar-refractivity contribution in [1.29, 1.82) is 0 Å². The quantitative estimate of drug-likeness (QED) is 0.151. The van der Waals surface area contributed by atoms with Crippen LogP contribution in [0.3, 0.4) is 0 Å². The Bertz CT molecular complexity index is 3210. The van der Waals surface area contributed by atoms with E-state index in [9.17, 15) is 0 Å². The molecule has 0 aliphatic heterocycles. The van der Waals surface area contributed by atoms with Crippen LogP contribution in [0.5, 0.6) is 0 Å². The molecule has 0 saturated heterocycles. The molecule has 11 rings (SSSR count). The van der Waals surface area contributed by atoms with Gasteiger partial charge < -0.3 is 4.57 Å². The first-order valence-electron chi connectivity index (χ1n) is 20.5. The Balaban J connectivity index is 0.943. The number of para-hydroxylation sites is 2. The van der Waals surface area contributed by atoms with Gasteiger partial charge in [0, 0.05) is 27.6 Å². The Labute approximate surface area is 349 Å². The first-order chi connectivity index (χ1) is 29.8. The molecule has 60 heavy (non-hydrogen) atoms. The van der Waals surface area contributed by atoms with Crippen LogP contribution < -0.4 is 0 Å². The van der Waals surface area contributed by atoms with Crippen LogP contribution in [-0.4, -0.2) is 14.3 Å². The highest BCUT2D eigenvalue weighted by atomic mass is 15.3. The number of rotatable bonds is 8. The molecule has 0 unspecified atom stereocenters. The second-order valence-electron chi connectivity index (χ2n) is 15.2. The van der Waals surface area contributed by atoms with Crippen LogP contribution in [0.15, 0.2) is 237 Å². The van der Waals surface area contributed by atoms with Gasteiger partial charge in [-0.3, -0.25) is 0 Å². The lowest BCUT2D eigenvalue weighted by atomic mass is 9.89. The zero-order valence-electron chi connectivity index (χ0n) is 32.9. The molecular weight excluding hydrogens is 727 g/mol. The van der Waals surface area contributed by atoms with E-state index in [0.717, 1.165) is 39.5 Å². The molecule has 2 heterocycles. The fraction of sp³-hybridized carbons (Fsp3) is 0. The molecule has 0 spiro atoms. The first kappa shape index (κ1) is 35.2. The first-order valence-corrected chi connectivity index (χ1v) is 20.5. The monoisotopic (exact) mass is 765 g/mol. The lowest BCUT2D eigenvalue weighted by Gasteiger charge is -2.16. The van der Waals surface area contributed by atoms with E-state index in [-0.39, 0.29) is 0 Å². The van der Waals surface area contributed by atoms with Crippen LogP contribution in [-0.2, 0) is 0 Å². The highest BCUT2D eigenvalue weighted by Gasteiger charge is 2.17. The summed E-state index contributed by atoms with van der Waals surface area (Å²) in [5.41, 5.74) is 18.2. The average molecular weight is 766 g/mol. The predicted molar refractivity (Wildman–Crippen MR) is 251 cm³/mol. The molecule has 0 atom stereocenters. The molecule has 0 N–H and O–H groups in total. The van der Waals surface area contributed by atoms with Gasteiger partial charge in [-0.1, -0.05) is 194 Å². The van der Waals surface area contributed by atoms with Gasteiger partial charge in [-0.2, -0.15) is 5.10 Å². The van der Waals surface area contributed by atoms with Crippen LogP contribution in [0, 0.1) is 0 Å². The summed E-state index contributed by atoms with van der Waals surface area (Å²) < 4.78 is 4.45. The van der Waals surface area contributed by atoms with Crippen LogP contribution >= 0.6 is 0 Å². The second kappa shape index (κ2) is 15.1. The van der Waals surface area contributed by atoms with E-state index in [2.05, 4.69) is 240 Å². The van der Waals surface area contributed by atoms with E-state index >= 15 is 0 Å². The summed E-state index contributed by atoms with van der Waals surface area (Å²) in [5.74, 6) is 0. The van der Waals surface area contributed by atoms with Gasteiger partial charge in [0.2, 0.25) is 0 Å². The number of aromatic nitrogens is 3. The van der Waals surface area contributed by atoms with Crippen molar-refractivity contribution in [2.24, 2.45) is 0 Å². The van der Waals surface area contributed by atoms with E-state index in [1.54, 1.807) is 0 Å². The summed E-state index contributed by atoms with van der Waals surface area (Å²) in [6.07, 6.45) is 0. The largest absolute Gasteiger partial charge is 0.309 e. The Morgan fingerprint density at radius 2 is 0.683 bits per heavy atom. The van der Waals surface area contributed by atoms with Crippen LogP contribution in [0.25, 0.3) is 100 Å². The zero-order chi connectivity index (χ0) is 39.8. The number of fused-ring (bicyclic) bond motifs is 3. The van der Waals surface area contributed by atoms with Crippen molar-refractivity contribution in [3.63, 3.8) is 0 Å². The molecule has 3 heteroatoms. The van der Waals surface area contributed by atoms with Crippen molar-refractivity contribution in [2.45, 2.75) is 0 Å². The average Bonchev–Trinajstić information content (AvgIpc) is 3.93. The van der Waals surface area contributed by atoms with Crippen molar-refractivity contribution < 1.29 is 0 Å². The summed E-state index contributed by atoms with van der Waals surface area (Å²) >= 11 is 0. The van der Waals surface area contributed by atoms with Gasteiger partial charge >= 0.3 is 0 Å². The molecule has 0 radical (unpaired) electrons. The lowest BCUT2D eigenvalue weighted by molar-refractivity contribution is 0.892. The number of benzene rings is 9. The molecule has 0 amide bonds. The minimum atomic E-state index is 0.937. The van der Waals surface area contributed by atoms with E-state index in [0.29, 0.717) is 0 Å². The van der Waals surface area contributed by atoms with Gasteiger partial charge in [-0.25, -0.2) is 4.68 Å². The smallest absolute Gasteiger partial charge is 0.0934 e. The van der Waals surface area contributed by atoms with Gasteiger partial charge in [-0.15, -0.1) is 0 Å². The van der Waals surface area contributed by atoms with Gasteiger partial charge in [0.1, 0.15) is 0 Å². The Morgan fingerprint density at radius 3 is 1.23 bits per heavy atom. The molecule has 3 nitrogen and oxygen atoms in total. The normalized spacial score (nSPS) is 11.3. The summed E-state index contributed by atoms with van der Waals surface area (Å²) in [4.78, 5) is 0. The van der Waals surface area contributed by atoms with Crippen molar-refractivity contribution in [3.05, 3.63) is 237 Å². The van der Waals surface area contributed by atoms with E-state index in [1.807, 2.05) is 6.07 Å². The minimum absolute atomic E-state index is 0.937. The van der Waals surface area contributed by atoms with Crippen molar-refractivity contribution in [2.75, 3.05) is 0 Å². The summed E-state index contributed by atoms with van der Waals surface area (Å²) in [5, 5.41) is 7.72. The summed E-state index contributed by atoms with van der Waals surface area (Å²) in [6, 6.07) is 84.6. The highest BCUT2D eigenvalue weighted by Crippen LogP contribution is 2.40. The number of hydrogen-bond donors (Lipinski definition) is 0. The molecule has 0 fully saturated rings. The lowest BCUT2D eigenvalue weighted by Crippen LogP contribution is -1.99. The highest BCUT2D eigenvalue weighted by molar-refractivity contribution is 6.09. The van der Waals surface area contributed by atoms with Crippen LogP contribution in [0.4, 0.5) is 0 Å². The maximum absolute atomic E-state index is 5.19. The summed E-state index contributed by atoms with van der Waals surface area (Å²) in [6.45, 7) is 0. The molecule has 9 aromatic carbocycles. The molecule has 0 saturated carbocycles. The van der Waals surface area contributed by atoms with E-state index in [4.69, 9.17) is 5.10 Å². The van der Waals surface area contributed by atoms with Gasteiger partial charge in [0.15, 0.2) is 0 Å². The zero-order valence-corrected chi connectivity index (χ0v) is 32.9. The number of nitrogens with zero attached hydrogens (tertiary/aromatic N) is 3. The third-order valence-electron chi connectivity index (χ3n) is 11.7. The van der Waals surface area contributed by atoms with Crippen molar-refractivity contribution >= 4 is 21.8 Å². The van der Waals surface area contributed by atoms with E-state index in [1.165, 1.54) is 60.8 Å². The SMILES string of the molecule is c1ccc(-c2ccc(-c3cc(-c4ccccc4)nn3-c3ccc(-c4ccccc4-c4ccccc4-c4ccc(-n5c6ccccc6c6ccccc65)cc4)cc3)cc2)cc1. The van der Waals surface area contributed by atoms with Gasteiger partial charge in [0.25, 0.3) is 0 Å². The molecule has 0 aliphatic carbocycles. The molecule has 0 aliphatic rings. The topological polar surface area (TPSA) is 22.8 Å². The Morgan fingerprint density at radius 1 is 0.283 bits per heavy atom. The summed E-state index contributed by atoms with van der Waals surface area (Å²) in [7, 11) is 0. The van der Waals surface area contributed by atoms with Gasteiger partial charge in [-0.05, 0) is 87.0 Å². The third-order valence-corrected chi connectivity index (χ3v) is 11.7. The van der Waals surface area contributed by atoms with E-state index < -0.39 is 0 Å². The minimum Gasteiger partial charge on any atom is -0.309 e. The number of hydrogen-bond acceptors (Lipinski definition) is 1. The maximum Gasteiger partial charge on any atom is 0.0934 e. The van der Waals surface area contributed by atoms with Crippen molar-refractivity contribution in [1.82, 2.24) is 14.3 Å². The molecule has 2 aromatic heterocycles. The molecular formula is C57H39N3. The maximum atomic E-state index is 5.19. The molecule has 11 aromatic rings.